The highest BCUT2D eigenvalue weighted by atomic mass is 16.5. The summed E-state index contributed by atoms with van der Waals surface area (Å²) >= 11 is 0. The second kappa shape index (κ2) is 12.6. The average Bonchev–Trinajstić information content (AvgIpc) is 3.68. The molecule has 0 spiro atoms. The van der Waals surface area contributed by atoms with E-state index in [1.807, 2.05) is 45.9 Å². The Morgan fingerprint density at radius 3 is 2.42 bits per heavy atom. The van der Waals surface area contributed by atoms with E-state index < -0.39 is 12.1 Å². The number of aryl methyl sites for hydroxylation is 1. The van der Waals surface area contributed by atoms with Crippen molar-refractivity contribution in [3.8, 4) is 5.75 Å². The van der Waals surface area contributed by atoms with E-state index in [0.717, 1.165) is 37.0 Å². The Morgan fingerprint density at radius 1 is 1.06 bits per heavy atom. The Kier molecular flexibility index (Phi) is 9.77. The van der Waals surface area contributed by atoms with Gasteiger partial charge in [0.15, 0.2) is 0 Å². The number of para-hydroxylation sites is 1. The first-order valence-corrected chi connectivity index (χ1v) is 13.4. The minimum atomic E-state index is -0.697. The Morgan fingerprint density at radius 2 is 1.75 bits per heavy atom. The molecular formula is C28H44N4O4. The van der Waals surface area contributed by atoms with Gasteiger partial charge >= 0.3 is 0 Å². The van der Waals surface area contributed by atoms with Crippen LogP contribution in [0.1, 0.15) is 65.9 Å². The number of likely N-dealkylation sites (N-methyl/N-ethyl adjacent to an activating group) is 1. The van der Waals surface area contributed by atoms with Gasteiger partial charge in [-0.05, 0) is 76.3 Å². The molecule has 5 atom stereocenters. The highest BCUT2D eigenvalue weighted by Gasteiger charge is 2.41. The van der Waals surface area contributed by atoms with Gasteiger partial charge in [-0.15, -0.1) is 0 Å². The standard InChI is InChI=1S/C28H44N4O4/c1-17(2)16-23-27(34)29-15-9-11-21-10-7-8-12-24(21)36-20(5)18(3)30-25(22-13-14-22)28(35)32(6)19(4)26(33)31-23/h7-8,10,12,17-20,22-23,25,30H,9,11,13-16H2,1-6H3,(H,29,34)(H,31,33)/t18-,19-,20-,23-,25+/m1/s1. The molecule has 0 bridgehead atoms. The summed E-state index contributed by atoms with van der Waals surface area (Å²) < 4.78 is 6.35. The average molecular weight is 501 g/mol. The van der Waals surface area contributed by atoms with Crippen LogP contribution in [-0.4, -0.2) is 66.5 Å². The molecule has 3 amide bonds. The van der Waals surface area contributed by atoms with Crippen molar-refractivity contribution >= 4 is 17.7 Å². The Hall–Kier alpha value is -2.61. The van der Waals surface area contributed by atoms with Gasteiger partial charge in [0.25, 0.3) is 0 Å². The van der Waals surface area contributed by atoms with Gasteiger partial charge in [-0.2, -0.15) is 0 Å². The zero-order valence-corrected chi connectivity index (χ0v) is 22.7. The number of hydrogen-bond donors (Lipinski definition) is 3. The molecule has 36 heavy (non-hydrogen) atoms. The molecule has 1 aromatic carbocycles. The van der Waals surface area contributed by atoms with E-state index in [9.17, 15) is 14.4 Å². The number of benzene rings is 1. The molecule has 1 aromatic rings. The summed E-state index contributed by atoms with van der Waals surface area (Å²) in [6.07, 6.45) is 3.85. The van der Waals surface area contributed by atoms with Gasteiger partial charge in [-0.25, -0.2) is 0 Å². The largest absolute Gasteiger partial charge is 0.489 e. The number of rotatable bonds is 3. The van der Waals surface area contributed by atoms with Gasteiger partial charge in [0.05, 0.1) is 6.04 Å². The Balaban J connectivity index is 1.86. The van der Waals surface area contributed by atoms with E-state index in [4.69, 9.17) is 4.74 Å². The fourth-order valence-corrected chi connectivity index (χ4v) is 4.58. The molecule has 3 N–H and O–H groups in total. The molecule has 1 heterocycles. The number of fused-ring (bicyclic) bond motifs is 1. The fourth-order valence-electron chi connectivity index (χ4n) is 4.58. The first kappa shape index (κ1) is 28.0. The summed E-state index contributed by atoms with van der Waals surface area (Å²) in [5, 5.41) is 9.41. The Bertz CT molecular complexity index is 917. The lowest BCUT2D eigenvalue weighted by Crippen LogP contribution is -2.58. The second-order valence-corrected chi connectivity index (χ2v) is 10.9. The van der Waals surface area contributed by atoms with Crippen molar-refractivity contribution in [3.63, 3.8) is 0 Å². The van der Waals surface area contributed by atoms with Crippen LogP contribution >= 0.6 is 0 Å². The number of carbonyl (C=O) groups excluding carboxylic acids is 3. The van der Waals surface area contributed by atoms with Crippen LogP contribution in [0, 0.1) is 11.8 Å². The maximum absolute atomic E-state index is 13.5. The van der Waals surface area contributed by atoms with Gasteiger partial charge in [-0.3, -0.25) is 19.7 Å². The van der Waals surface area contributed by atoms with Crippen LogP contribution in [-0.2, 0) is 20.8 Å². The minimum absolute atomic E-state index is 0.0706. The fraction of sp³-hybridized carbons (Fsp3) is 0.679. The van der Waals surface area contributed by atoms with Gasteiger partial charge < -0.3 is 20.3 Å². The number of amides is 3. The zero-order chi connectivity index (χ0) is 26.4. The van der Waals surface area contributed by atoms with Crippen molar-refractivity contribution < 1.29 is 19.1 Å². The molecule has 2 aliphatic rings. The topological polar surface area (TPSA) is 99.8 Å². The van der Waals surface area contributed by atoms with E-state index >= 15 is 0 Å². The summed E-state index contributed by atoms with van der Waals surface area (Å²) in [6.45, 7) is 10.3. The van der Waals surface area contributed by atoms with Crippen molar-refractivity contribution in [1.82, 2.24) is 20.9 Å². The molecule has 1 aliphatic heterocycles. The van der Waals surface area contributed by atoms with E-state index in [-0.39, 0.29) is 47.7 Å². The lowest BCUT2D eigenvalue weighted by atomic mass is 10.0. The minimum Gasteiger partial charge on any atom is -0.489 e. The van der Waals surface area contributed by atoms with Crippen LogP contribution in [0.4, 0.5) is 0 Å². The molecule has 1 saturated carbocycles. The normalized spacial score (nSPS) is 29.5. The molecule has 0 aromatic heterocycles. The molecule has 8 nitrogen and oxygen atoms in total. The third kappa shape index (κ3) is 7.45. The molecule has 0 saturated heterocycles. The third-order valence-electron chi connectivity index (χ3n) is 7.36. The first-order valence-electron chi connectivity index (χ1n) is 13.4. The lowest BCUT2D eigenvalue weighted by Gasteiger charge is -2.33. The summed E-state index contributed by atoms with van der Waals surface area (Å²) in [4.78, 5) is 41.1. The van der Waals surface area contributed by atoms with Crippen molar-refractivity contribution in [2.24, 2.45) is 11.8 Å². The van der Waals surface area contributed by atoms with Crippen LogP contribution in [0.2, 0.25) is 0 Å². The molecule has 1 aliphatic carbocycles. The number of hydrogen-bond acceptors (Lipinski definition) is 5. The highest BCUT2D eigenvalue weighted by molar-refractivity contribution is 5.93. The summed E-state index contributed by atoms with van der Waals surface area (Å²) in [5.74, 6) is 0.693. The maximum atomic E-state index is 13.5. The summed E-state index contributed by atoms with van der Waals surface area (Å²) in [5.41, 5.74) is 1.09. The van der Waals surface area contributed by atoms with Crippen LogP contribution in [0.3, 0.4) is 0 Å². The van der Waals surface area contributed by atoms with Crippen LogP contribution in [0.15, 0.2) is 24.3 Å². The summed E-state index contributed by atoms with van der Waals surface area (Å²) in [6, 6.07) is 6.19. The van der Waals surface area contributed by atoms with Crippen LogP contribution in [0.5, 0.6) is 5.75 Å². The molecule has 8 heteroatoms. The van der Waals surface area contributed by atoms with Crippen molar-refractivity contribution in [3.05, 3.63) is 29.8 Å². The smallest absolute Gasteiger partial charge is 0.243 e. The van der Waals surface area contributed by atoms with Crippen molar-refractivity contribution in [1.29, 1.82) is 0 Å². The number of nitrogens with one attached hydrogen (secondary N) is 3. The van der Waals surface area contributed by atoms with Gasteiger partial charge in [0.2, 0.25) is 17.7 Å². The monoisotopic (exact) mass is 500 g/mol. The quantitative estimate of drug-likeness (QED) is 0.593. The second-order valence-electron chi connectivity index (χ2n) is 10.9. The van der Waals surface area contributed by atoms with E-state index in [2.05, 4.69) is 22.0 Å². The maximum Gasteiger partial charge on any atom is 0.243 e. The van der Waals surface area contributed by atoms with Crippen LogP contribution in [0.25, 0.3) is 0 Å². The lowest BCUT2D eigenvalue weighted by molar-refractivity contribution is -0.141. The third-order valence-corrected chi connectivity index (χ3v) is 7.36. The van der Waals surface area contributed by atoms with E-state index in [0.29, 0.717) is 13.0 Å². The molecular weight excluding hydrogens is 456 g/mol. The molecule has 0 unspecified atom stereocenters. The number of ether oxygens (including phenoxy) is 1. The zero-order valence-electron chi connectivity index (χ0n) is 22.7. The van der Waals surface area contributed by atoms with Gasteiger partial charge in [0, 0.05) is 19.6 Å². The van der Waals surface area contributed by atoms with Crippen molar-refractivity contribution in [2.45, 2.75) is 97.0 Å². The molecule has 3 rings (SSSR count). The predicted molar refractivity (Wildman–Crippen MR) is 141 cm³/mol. The predicted octanol–water partition coefficient (Wildman–Crippen LogP) is 2.65. The highest BCUT2D eigenvalue weighted by Crippen LogP contribution is 2.34. The first-order chi connectivity index (χ1) is 17.1. The molecule has 0 radical (unpaired) electrons. The number of nitrogens with zero attached hydrogens (tertiary/aromatic N) is 1. The molecule has 1 fully saturated rings. The van der Waals surface area contributed by atoms with Gasteiger partial charge in [0.1, 0.15) is 23.9 Å². The Labute approximate surface area is 215 Å². The van der Waals surface area contributed by atoms with E-state index in [1.165, 1.54) is 4.90 Å². The van der Waals surface area contributed by atoms with Gasteiger partial charge in [-0.1, -0.05) is 32.0 Å². The summed E-state index contributed by atoms with van der Waals surface area (Å²) in [7, 11) is 1.67. The SMILES string of the molecule is CC(C)C[C@H]1NC(=O)[C@@H](C)N(C)C(=O)[C@H](C2CC2)N[C@H](C)[C@@H](C)Oc2ccccc2CCCNC1=O. The van der Waals surface area contributed by atoms with Crippen molar-refractivity contribution in [2.75, 3.05) is 13.6 Å². The molecule has 200 valence electrons. The van der Waals surface area contributed by atoms with E-state index in [1.54, 1.807) is 14.0 Å². The number of carbonyl (C=O) groups is 3. The van der Waals surface area contributed by atoms with Crippen LogP contribution < -0.4 is 20.7 Å².